The van der Waals surface area contributed by atoms with Crippen molar-refractivity contribution < 1.29 is 9.53 Å². The second kappa shape index (κ2) is 8.70. The smallest absolute Gasteiger partial charge is 0.410 e. The van der Waals surface area contributed by atoms with Gasteiger partial charge in [0.15, 0.2) is 0 Å². The normalized spacial score (nSPS) is 10.6. The standard InChI is InChI=1S/C20H16N2O2S/c23-20(22-17-9-3-1-4-10-17)24-18-11-7-8-16(14-18)15-21-25-19-12-5-2-6-13-19/h1-15H,(H,22,23). The van der Waals surface area contributed by atoms with Crippen molar-refractivity contribution in [3.05, 3.63) is 90.5 Å². The van der Waals surface area contributed by atoms with E-state index < -0.39 is 6.09 Å². The Kier molecular flexibility index (Phi) is 5.85. The van der Waals surface area contributed by atoms with Gasteiger partial charge in [-0.2, -0.15) is 0 Å². The summed E-state index contributed by atoms with van der Waals surface area (Å²) in [5.41, 5.74) is 1.54. The summed E-state index contributed by atoms with van der Waals surface area (Å²) in [7, 11) is 0. The minimum atomic E-state index is -0.529. The van der Waals surface area contributed by atoms with E-state index in [2.05, 4.69) is 9.71 Å². The van der Waals surface area contributed by atoms with Crippen LogP contribution in [-0.2, 0) is 0 Å². The predicted molar refractivity (Wildman–Crippen MR) is 102 cm³/mol. The van der Waals surface area contributed by atoms with E-state index in [-0.39, 0.29) is 0 Å². The molecule has 0 aliphatic rings. The lowest BCUT2D eigenvalue weighted by Crippen LogP contribution is -2.16. The van der Waals surface area contributed by atoms with E-state index in [1.807, 2.05) is 60.7 Å². The molecule has 1 amide bonds. The van der Waals surface area contributed by atoms with E-state index in [1.54, 1.807) is 30.5 Å². The Morgan fingerprint density at radius 1 is 0.920 bits per heavy atom. The number of carbonyl (C=O) groups is 1. The Morgan fingerprint density at radius 2 is 1.64 bits per heavy atom. The molecule has 4 nitrogen and oxygen atoms in total. The van der Waals surface area contributed by atoms with Crippen LogP contribution in [0.1, 0.15) is 5.56 Å². The lowest BCUT2D eigenvalue weighted by atomic mass is 10.2. The number of hydrogen-bond donors (Lipinski definition) is 1. The molecule has 5 heteroatoms. The van der Waals surface area contributed by atoms with Crippen LogP contribution in [0.3, 0.4) is 0 Å². The van der Waals surface area contributed by atoms with Crippen molar-refractivity contribution in [1.82, 2.24) is 0 Å². The molecular weight excluding hydrogens is 332 g/mol. The third-order valence-corrected chi connectivity index (χ3v) is 3.89. The Bertz CT molecular complexity index is 852. The summed E-state index contributed by atoms with van der Waals surface area (Å²) in [6, 6.07) is 26.3. The number of anilines is 1. The van der Waals surface area contributed by atoms with Crippen LogP contribution in [0, 0.1) is 0 Å². The van der Waals surface area contributed by atoms with E-state index >= 15 is 0 Å². The first kappa shape index (κ1) is 16.8. The number of amides is 1. The number of ether oxygens (including phenoxy) is 1. The molecule has 0 saturated carbocycles. The SMILES string of the molecule is O=C(Nc1ccccc1)Oc1cccc(C=NSc2ccccc2)c1. The van der Waals surface area contributed by atoms with Gasteiger partial charge >= 0.3 is 6.09 Å². The van der Waals surface area contributed by atoms with E-state index in [4.69, 9.17) is 4.74 Å². The molecule has 0 spiro atoms. The van der Waals surface area contributed by atoms with Crippen LogP contribution in [0.15, 0.2) is 94.2 Å². The molecule has 0 bridgehead atoms. The van der Waals surface area contributed by atoms with Gasteiger partial charge in [0.05, 0.1) is 0 Å². The number of hydrogen-bond acceptors (Lipinski definition) is 4. The van der Waals surface area contributed by atoms with Gasteiger partial charge in [0, 0.05) is 28.7 Å². The second-order valence-corrected chi connectivity index (χ2v) is 5.96. The predicted octanol–water partition coefficient (Wildman–Crippen LogP) is 5.42. The fourth-order valence-corrected chi connectivity index (χ4v) is 2.63. The van der Waals surface area contributed by atoms with Gasteiger partial charge in [0.2, 0.25) is 0 Å². The van der Waals surface area contributed by atoms with Gasteiger partial charge in [0.1, 0.15) is 5.75 Å². The van der Waals surface area contributed by atoms with Crippen molar-refractivity contribution in [3.63, 3.8) is 0 Å². The molecule has 0 unspecified atom stereocenters. The highest BCUT2D eigenvalue weighted by Gasteiger charge is 2.05. The summed E-state index contributed by atoms with van der Waals surface area (Å²) in [6.07, 6.45) is 1.21. The number of para-hydroxylation sites is 1. The van der Waals surface area contributed by atoms with Crippen molar-refractivity contribution in [3.8, 4) is 5.75 Å². The van der Waals surface area contributed by atoms with Crippen molar-refractivity contribution in [2.75, 3.05) is 5.32 Å². The molecule has 0 atom stereocenters. The Hall–Kier alpha value is -3.05. The minimum Gasteiger partial charge on any atom is -0.410 e. The van der Waals surface area contributed by atoms with Gasteiger partial charge in [-0.25, -0.2) is 9.19 Å². The zero-order valence-electron chi connectivity index (χ0n) is 13.3. The zero-order valence-corrected chi connectivity index (χ0v) is 14.1. The Morgan fingerprint density at radius 3 is 2.40 bits per heavy atom. The van der Waals surface area contributed by atoms with Crippen LogP contribution in [0.25, 0.3) is 0 Å². The number of benzene rings is 3. The van der Waals surface area contributed by atoms with Crippen LogP contribution in [-0.4, -0.2) is 12.3 Å². The summed E-state index contributed by atoms with van der Waals surface area (Å²) in [5.74, 6) is 0.460. The summed E-state index contributed by atoms with van der Waals surface area (Å²) in [5, 5.41) is 2.68. The second-order valence-electron chi connectivity index (χ2n) is 5.09. The first-order valence-corrected chi connectivity index (χ1v) is 8.46. The number of rotatable bonds is 5. The Labute approximate surface area is 150 Å². The third kappa shape index (κ3) is 5.51. The molecule has 0 aliphatic heterocycles. The van der Waals surface area contributed by atoms with Gasteiger partial charge < -0.3 is 4.74 Å². The highest BCUT2D eigenvalue weighted by Crippen LogP contribution is 2.19. The molecule has 3 aromatic carbocycles. The van der Waals surface area contributed by atoms with Gasteiger partial charge in [0.25, 0.3) is 0 Å². The van der Waals surface area contributed by atoms with E-state index in [0.29, 0.717) is 11.4 Å². The highest BCUT2D eigenvalue weighted by atomic mass is 32.2. The molecule has 0 aliphatic carbocycles. The lowest BCUT2D eigenvalue weighted by molar-refractivity contribution is 0.215. The van der Waals surface area contributed by atoms with Crippen molar-refractivity contribution >= 4 is 29.9 Å². The maximum absolute atomic E-state index is 11.9. The van der Waals surface area contributed by atoms with Gasteiger partial charge in [-0.05, 0) is 42.0 Å². The van der Waals surface area contributed by atoms with Crippen molar-refractivity contribution in [2.45, 2.75) is 4.90 Å². The summed E-state index contributed by atoms with van der Waals surface area (Å²) in [4.78, 5) is 13.0. The average Bonchev–Trinajstić information content (AvgIpc) is 2.64. The molecule has 0 aromatic heterocycles. The third-order valence-electron chi connectivity index (χ3n) is 3.19. The molecule has 3 aromatic rings. The van der Waals surface area contributed by atoms with E-state index in [9.17, 15) is 4.79 Å². The molecule has 0 fully saturated rings. The fraction of sp³-hybridized carbons (Fsp3) is 0. The maximum Gasteiger partial charge on any atom is 0.417 e. The van der Waals surface area contributed by atoms with E-state index in [1.165, 1.54) is 11.9 Å². The molecular formula is C20H16N2O2S. The largest absolute Gasteiger partial charge is 0.417 e. The number of nitrogens with one attached hydrogen (secondary N) is 1. The molecule has 0 heterocycles. The first-order valence-electron chi connectivity index (χ1n) is 7.69. The Balaban J connectivity index is 1.58. The van der Waals surface area contributed by atoms with Crippen LogP contribution in [0.2, 0.25) is 0 Å². The van der Waals surface area contributed by atoms with Crippen molar-refractivity contribution in [2.24, 2.45) is 4.40 Å². The maximum atomic E-state index is 11.9. The lowest BCUT2D eigenvalue weighted by Gasteiger charge is -2.06. The van der Waals surface area contributed by atoms with Gasteiger partial charge in [-0.1, -0.05) is 48.5 Å². The van der Waals surface area contributed by atoms with Crippen LogP contribution < -0.4 is 10.1 Å². The number of carbonyl (C=O) groups excluding carboxylic acids is 1. The van der Waals surface area contributed by atoms with Crippen LogP contribution in [0.5, 0.6) is 5.75 Å². The molecule has 25 heavy (non-hydrogen) atoms. The monoisotopic (exact) mass is 348 g/mol. The molecule has 0 radical (unpaired) electrons. The molecule has 0 saturated heterocycles. The fourth-order valence-electron chi connectivity index (χ4n) is 2.06. The summed E-state index contributed by atoms with van der Waals surface area (Å²) < 4.78 is 9.64. The van der Waals surface area contributed by atoms with E-state index in [0.717, 1.165) is 10.5 Å². The van der Waals surface area contributed by atoms with Crippen LogP contribution >= 0.6 is 11.9 Å². The molecule has 1 N–H and O–H groups in total. The minimum absolute atomic E-state index is 0.460. The average molecular weight is 348 g/mol. The quantitative estimate of drug-likeness (QED) is 0.494. The van der Waals surface area contributed by atoms with Gasteiger partial charge in [-0.3, -0.25) is 5.32 Å². The van der Waals surface area contributed by atoms with Crippen molar-refractivity contribution in [1.29, 1.82) is 0 Å². The molecule has 3 rings (SSSR count). The summed E-state index contributed by atoms with van der Waals surface area (Å²) in [6.45, 7) is 0. The topological polar surface area (TPSA) is 50.7 Å². The first-order chi connectivity index (χ1) is 12.3. The zero-order chi connectivity index (χ0) is 17.3. The summed E-state index contributed by atoms with van der Waals surface area (Å²) >= 11 is 1.39. The van der Waals surface area contributed by atoms with Crippen LogP contribution in [0.4, 0.5) is 10.5 Å². The number of nitrogens with zero attached hydrogens (tertiary/aromatic N) is 1. The highest BCUT2D eigenvalue weighted by molar-refractivity contribution is 7.98. The molecule has 124 valence electrons. The van der Waals surface area contributed by atoms with Gasteiger partial charge in [-0.15, -0.1) is 0 Å².